The van der Waals surface area contributed by atoms with Gasteiger partial charge in [-0.25, -0.2) is 4.98 Å². The minimum atomic E-state index is 0.593. The smallest absolute Gasteiger partial charge is 0.185 e. The molecule has 2 rings (SSSR count). The number of rotatable bonds is 3. The van der Waals surface area contributed by atoms with Gasteiger partial charge in [0.15, 0.2) is 5.13 Å². The van der Waals surface area contributed by atoms with Crippen molar-refractivity contribution in [2.24, 2.45) is 0 Å². The first-order valence-corrected chi connectivity index (χ1v) is 7.05. The van der Waals surface area contributed by atoms with E-state index in [0.29, 0.717) is 12.1 Å². The van der Waals surface area contributed by atoms with Gasteiger partial charge >= 0.3 is 0 Å². The van der Waals surface area contributed by atoms with Crippen molar-refractivity contribution in [3.8, 4) is 0 Å². The normalized spacial score (nSPS) is 26.5. The molecule has 2 unspecified atom stereocenters. The lowest BCUT2D eigenvalue weighted by atomic mass is 10.1. The van der Waals surface area contributed by atoms with Crippen LogP contribution in [0.15, 0.2) is 5.38 Å². The Hall–Kier alpha value is -0.650. The summed E-state index contributed by atoms with van der Waals surface area (Å²) in [4.78, 5) is 9.54. The maximum absolute atomic E-state index is 4.68. The van der Waals surface area contributed by atoms with Crippen LogP contribution in [0.5, 0.6) is 0 Å². The van der Waals surface area contributed by atoms with Crippen molar-refractivity contribution in [2.75, 3.05) is 32.1 Å². The fraction of sp³-hybridized carbons (Fsp3) is 0.750. The van der Waals surface area contributed by atoms with Crippen LogP contribution in [-0.2, 0) is 6.54 Å². The van der Waals surface area contributed by atoms with Gasteiger partial charge in [-0.3, -0.25) is 4.90 Å². The predicted octanol–water partition coefficient (Wildman–Crippen LogP) is 1.39. The summed E-state index contributed by atoms with van der Waals surface area (Å²) in [5.41, 5.74) is 1.15. The second-order valence-electron chi connectivity index (χ2n) is 4.92. The Labute approximate surface area is 108 Å². The standard InChI is InChI=1S/C12H22N4S/c1-9-6-16(7-10(2)15(9)4)12-14-11(5-13-3)8-17-12/h8-10,13H,5-7H2,1-4H3. The van der Waals surface area contributed by atoms with Crippen LogP contribution in [-0.4, -0.2) is 49.2 Å². The minimum Gasteiger partial charge on any atom is -0.345 e. The number of aromatic nitrogens is 1. The van der Waals surface area contributed by atoms with Crippen LogP contribution >= 0.6 is 11.3 Å². The number of thiazole rings is 1. The molecule has 4 nitrogen and oxygen atoms in total. The first kappa shape index (κ1) is 12.8. The van der Waals surface area contributed by atoms with Crippen molar-refractivity contribution in [3.63, 3.8) is 0 Å². The van der Waals surface area contributed by atoms with E-state index in [-0.39, 0.29) is 0 Å². The highest BCUT2D eigenvalue weighted by Gasteiger charge is 2.27. The number of piperazine rings is 1. The minimum absolute atomic E-state index is 0.593. The number of anilines is 1. The van der Waals surface area contributed by atoms with Crippen LogP contribution in [0.25, 0.3) is 0 Å². The first-order chi connectivity index (χ1) is 8.11. The zero-order chi connectivity index (χ0) is 12.4. The summed E-state index contributed by atoms with van der Waals surface area (Å²) in [6.07, 6.45) is 0. The van der Waals surface area contributed by atoms with Gasteiger partial charge in [-0.1, -0.05) is 0 Å². The Morgan fingerprint density at radius 3 is 2.65 bits per heavy atom. The van der Waals surface area contributed by atoms with E-state index in [1.54, 1.807) is 11.3 Å². The van der Waals surface area contributed by atoms with Crippen LogP contribution in [0.4, 0.5) is 5.13 Å². The molecule has 17 heavy (non-hydrogen) atoms. The van der Waals surface area contributed by atoms with E-state index < -0.39 is 0 Å². The SMILES string of the molecule is CNCc1csc(N2CC(C)N(C)C(C)C2)n1. The van der Waals surface area contributed by atoms with Gasteiger partial charge in [0, 0.05) is 37.1 Å². The third kappa shape index (κ3) is 2.78. The Morgan fingerprint density at radius 1 is 1.41 bits per heavy atom. The number of nitrogens with zero attached hydrogens (tertiary/aromatic N) is 3. The number of nitrogens with one attached hydrogen (secondary N) is 1. The molecule has 96 valence electrons. The summed E-state index contributed by atoms with van der Waals surface area (Å²) < 4.78 is 0. The lowest BCUT2D eigenvalue weighted by molar-refractivity contribution is 0.170. The lowest BCUT2D eigenvalue weighted by Crippen LogP contribution is -2.55. The second-order valence-corrected chi connectivity index (χ2v) is 5.76. The van der Waals surface area contributed by atoms with Gasteiger partial charge < -0.3 is 10.2 Å². The average molecular weight is 254 g/mol. The number of likely N-dealkylation sites (N-methyl/N-ethyl adjacent to an activating group) is 1. The maximum atomic E-state index is 4.68. The summed E-state index contributed by atoms with van der Waals surface area (Å²) in [6, 6.07) is 1.19. The van der Waals surface area contributed by atoms with Crippen molar-refractivity contribution in [2.45, 2.75) is 32.5 Å². The topological polar surface area (TPSA) is 31.4 Å². The van der Waals surface area contributed by atoms with Gasteiger partial charge in [0.25, 0.3) is 0 Å². The summed E-state index contributed by atoms with van der Waals surface area (Å²) in [6.45, 7) is 7.57. The van der Waals surface area contributed by atoms with Gasteiger partial charge in [-0.15, -0.1) is 11.3 Å². The Bertz CT molecular complexity index is 353. The summed E-state index contributed by atoms with van der Waals surface area (Å²) in [5.74, 6) is 0. The summed E-state index contributed by atoms with van der Waals surface area (Å²) >= 11 is 1.76. The quantitative estimate of drug-likeness (QED) is 0.883. The molecule has 0 saturated carbocycles. The molecule has 1 aromatic heterocycles. The van der Waals surface area contributed by atoms with Gasteiger partial charge in [-0.2, -0.15) is 0 Å². The van der Waals surface area contributed by atoms with E-state index in [4.69, 9.17) is 0 Å². The van der Waals surface area contributed by atoms with Crippen LogP contribution in [0.2, 0.25) is 0 Å². The largest absolute Gasteiger partial charge is 0.345 e. The van der Waals surface area contributed by atoms with Crippen LogP contribution in [0, 0.1) is 0 Å². The van der Waals surface area contributed by atoms with E-state index in [9.17, 15) is 0 Å². The molecule has 0 radical (unpaired) electrons. The zero-order valence-electron chi connectivity index (χ0n) is 11.1. The third-order valence-electron chi connectivity index (χ3n) is 3.53. The van der Waals surface area contributed by atoms with Crippen molar-refractivity contribution < 1.29 is 0 Å². The molecule has 2 atom stereocenters. The van der Waals surface area contributed by atoms with Gasteiger partial charge in [0.2, 0.25) is 0 Å². The molecule has 1 aromatic rings. The van der Waals surface area contributed by atoms with E-state index in [1.807, 2.05) is 7.05 Å². The predicted molar refractivity (Wildman–Crippen MR) is 73.8 cm³/mol. The molecule has 1 saturated heterocycles. The fourth-order valence-electron chi connectivity index (χ4n) is 2.26. The second kappa shape index (κ2) is 5.33. The average Bonchev–Trinajstić information content (AvgIpc) is 2.74. The first-order valence-electron chi connectivity index (χ1n) is 6.17. The summed E-state index contributed by atoms with van der Waals surface area (Å²) in [7, 11) is 4.17. The Balaban J connectivity index is 2.06. The highest BCUT2D eigenvalue weighted by molar-refractivity contribution is 7.13. The number of hydrogen-bond acceptors (Lipinski definition) is 5. The monoisotopic (exact) mass is 254 g/mol. The zero-order valence-corrected chi connectivity index (χ0v) is 11.9. The van der Waals surface area contributed by atoms with E-state index >= 15 is 0 Å². The molecule has 0 spiro atoms. The van der Waals surface area contributed by atoms with Crippen molar-refractivity contribution in [1.29, 1.82) is 0 Å². The number of hydrogen-bond donors (Lipinski definition) is 1. The highest BCUT2D eigenvalue weighted by Crippen LogP contribution is 2.24. The molecule has 1 N–H and O–H groups in total. The molecule has 0 amide bonds. The molecule has 1 aliphatic rings. The molecule has 0 aromatic carbocycles. The lowest BCUT2D eigenvalue weighted by Gasteiger charge is -2.42. The fourth-order valence-corrected chi connectivity index (χ4v) is 3.11. The van der Waals surface area contributed by atoms with E-state index in [1.165, 1.54) is 5.13 Å². The molecule has 5 heteroatoms. The molecule has 0 bridgehead atoms. The molecule has 2 heterocycles. The molecule has 1 aliphatic heterocycles. The van der Waals surface area contributed by atoms with Crippen molar-refractivity contribution in [1.82, 2.24) is 15.2 Å². The van der Waals surface area contributed by atoms with E-state index in [0.717, 1.165) is 25.3 Å². The molecular formula is C12H22N4S. The molecule has 0 aliphatic carbocycles. The Kier molecular flexibility index (Phi) is 4.01. The van der Waals surface area contributed by atoms with Gasteiger partial charge in [0.05, 0.1) is 5.69 Å². The van der Waals surface area contributed by atoms with Crippen molar-refractivity contribution >= 4 is 16.5 Å². The molecule has 1 fully saturated rings. The van der Waals surface area contributed by atoms with Crippen LogP contribution in [0.3, 0.4) is 0 Å². The van der Waals surface area contributed by atoms with E-state index in [2.05, 4.69) is 46.4 Å². The molecular weight excluding hydrogens is 232 g/mol. The van der Waals surface area contributed by atoms with Crippen LogP contribution in [0.1, 0.15) is 19.5 Å². The third-order valence-corrected chi connectivity index (χ3v) is 4.48. The van der Waals surface area contributed by atoms with Crippen LogP contribution < -0.4 is 10.2 Å². The van der Waals surface area contributed by atoms with Crippen molar-refractivity contribution in [3.05, 3.63) is 11.1 Å². The maximum Gasteiger partial charge on any atom is 0.185 e. The Morgan fingerprint density at radius 2 is 2.06 bits per heavy atom. The van der Waals surface area contributed by atoms with Gasteiger partial charge in [-0.05, 0) is 27.9 Å². The highest BCUT2D eigenvalue weighted by atomic mass is 32.1. The van der Waals surface area contributed by atoms with Gasteiger partial charge in [0.1, 0.15) is 0 Å². The summed E-state index contributed by atoms with van der Waals surface area (Å²) in [5, 5.41) is 6.46.